The summed E-state index contributed by atoms with van der Waals surface area (Å²) in [5.74, 6) is 0. The zero-order chi connectivity index (χ0) is 16.4. The van der Waals surface area contributed by atoms with Crippen molar-refractivity contribution in [2.24, 2.45) is 0 Å². The second-order valence-electron chi connectivity index (χ2n) is 6.62. The van der Waals surface area contributed by atoms with Gasteiger partial charge < -0.3 is 5.11 Å². The Hall–Kier alpha value is -2.30. The smallest absolute Gasteiger partial charge is 0.0890 e. The van der Waals surface area contributed by atoms with Crippen LogP contribution in [0.2, 0.25) is 0 Å². The van der Waals surface area contributed by atoms with E-state index in [1.165, 1.54) is 5.56 Å². The van der Waals surface area contributed by atoms with Crippen LogP contribution in [0.4, 0.5) is 0 Å². The summed E-state index contributed by atoms with van der Waals surface area (Å²) in [7, 11) is 0. The maximum atomic E-state index is 10.0. The van der Waals surface area contributed by atoms with Gasteiger partial charge in [-0.25, -0.2) is 4.98 Å². The molecule has 1 aliphatic rings. The molecule has 0 saturated carbocycles. The van der Waals surface area contributed by atoms with Gasteiger partial charge in [-0.2, -0.15) is 0 Å². The van der Waals surface area contributed by atoms with E-state index in [9.17, 15) is 5.11 Å². The maximum absolute atomic E-state index is 10.0. The summed E-state index contributed by atoms with van der Waals surface area (Å²) in [5.41, 5.74) is 3.91. The van der Waals surface area contributed by atoms with Crippen LogP contribution in [0, 0.1) is 0 Å². The van der Waals surface area contributed by atoms with Gasteiger partial charge in [0.25, 0.3) is 0 Å². The number of benzene rings is 2. The van der Waals surface area contributed by atoms with E-state index < -0.39 is 0 Å². The van der Waals surface area contributed by atoms with Crippen LogP contribution in [0.25, 0.3) is 11.0 Å². The van der Waals surface area contributed by atoms with Crippen molar-refractivity contribution in [2.45, 2.75) is 18.4 Å². The average molecular weight is 319 g/mol. The van der Waals surface area contributed by atoms with Gasteiger partial charge in [0, 0.05) is 18.5 Å². The molecule has 4 nitrogen and oxygen atoms in total. The molecule has 1 aliphatic heterocycles. The molecule has 0 aliphatic carbocycles. The van der Waals surface area contributed by atoms with Gasteiger partial charge in [-0.3, -0.25) is 9.88 Å². The molecule has 122 valence electrons. The molecule has 0 amide bonds. The lowest BCUT2D eigenvalue weighted by atomic mass is 9.80. The van der Waals surface area contributed by atoms with Gasteiger partial charge >= 0.3 is 0 Å². The van der Waals surface area contributed by atoms with Crippen molar-refractivity contribution < 1.29 is 5.11 Å². The number of aromatic nitrogens is 2. The van der Waals surface area contributed by atoms with E-state index in [1.807, 2.05) is 48.7 Å². The quantitative estimate of drug-likeness (QED) is 0.803. The van der Waals surface area contributed by atoms with Crippen LogP contribution in [-0.2, 0) is 12.0 Å². The molecule has 2 heterocycles. The van der Waals surface area contributed by atoms with Crippen molar-refractivity contribution in [1.29, 1.82) is 0 Å². The lowest BCUT2D eigenvalue weighted by Crippen LogP contribution is -2.34. The van der Waals surface area contributed by atoms with E-state index in [-0.39, 0.29) is 12.0 Å². The summed E-state index contributed by atoms with van der Waals surface area (Å²) in [6.45, 7) is 2.76. The zero-order valence-corrected chi connectivity index (χ0v) is 13.6. The Labute approximate surface area is 141 Å². The predicted molar refractivity (Wildman–Crippen MR) is 94.6 cm³/mol. The summed E-state index contributed by atoms with van der Waals surface area (Å²) < 4.78 is 0. The summed E-state index contributed by atoms with van der Waals surface area (Å²) in [4.78, 5) is 11.6. The van der Waals surface area contributed by atoms with E-state index in [2.05, 4.69) is 22.0 Å². The molecule has 1 atom stereocenters. The van der Waals surface area contributed by atoms with E-state index in [0.29, 0.717) is 0 Å². The topological polar surface area (TPSA) is 49.2 Å². The van der Waals surface area contributed by atoms with E-state index in [4.69, 9.17) is 4.98 Å². The molecule has 0 bridgehead atoms. The number of nitrogens with zero attached hydrogens (tertiary/aromatic N) is 3. The third kappa shape index (κ3) is 2.79. The summed E-state index contributed by atoms with van der Waals surface area (Å²) in [5, 5.41) is 10.0. The van der Waals surface area contributed by atoms with E-state index in [1.54, 1.807) is 0 Å². The van der Waals surface area contributed by atoms with Crippen molar-refractivity contribution in [3.8, 4) is 0 Å². The lowest BCUT2D eigenvalue weighted by Gasteiger charge is -2.27. The number of likely N-dealkylation sites (tertiary alicyclic amines) is 1. The highest BCUT2D eigenvalue weighted by Gasteiger charge is 2.39. The molecule has 1 fully saturated rings. The first kappa shape index (κ1) is 15.2. The third-order valence-corrected chi connectivity index (χ3v) is 5.01. The van der Waals surface area contributed by atoms with Gasteiger partial charge in [0.05, 0.1) is 29.5 Å². The second-order valence-corrected chi connectivity index (χ2v) is 6.62. The minimum absolute atomic E-state index is 0.161. The number of para-hydroxylation sites is 2. The van der Waals surface area contributed by atoms with Crippen LogP contribution >= 0.6 is 0 Å². The average Bonchev–Trinajstić information content (AvgIpc) is 3.07. The molecule has 3 aromatic rings. The van der Waals surface area contributed by atoms with Gasteiger partial charge in [0.1, 0.15) is 0 Å². The Balaban J connectivity index is 1.53. The van der Waals surface area contributed by atoms with Crippen molar-refractivity contribution in [1.82, 2.24) is 14.9 Å². The molecule has 4 rings (SSSR count). The Kier molecular flexibility index (Phi) is 4.00. The molecule has 1 unspecified atom stereocenters. The van der Waals surface area contributed by atoms with E-state index in [0.717, 1.165) is 42.8 Å². The first-order chi connectivity index (χ1) is 11.8. The number of aliphatic hydroxyl groups excluding tert-OH is 1. The van der Waals surface area contributed by atoms with Crippen LogP contribution in [-0.4, -0.2) is 39.7 Å². The largest absolute Gasteiger partial charge is 0.395 e. The van der Waals surface area contributed by atoms with Crippen LogP contribution < -0.4 is 0 Å². The summed E-state index contributed by atoms with van der Waals surface area (Å²) >= 11 is 0. The van der Waals surface area contributed by atoms with Gasteiger partial charge in [-0.1, -0.05) is 42.5 Å². The highest BCUT2D eigenvalue weighted by Crippen LogP contribution is 2.34. The van der Waals surface area contributed by atoms with Gasteiger partial charge in [0.2, 0.25) is 0 Å². The van der Waals surface area contributed by atoms with Gasteiger partial charge in [-0.15, -0.1) is 0 Å². The Morgan fingerprint density at radius 2 is 1.75 bits per heavy atom. The fraction of sp³-hybridized carbons (Fsp3) is 0.300. The molecule has 0 radical (unpaired) electrons. The van der Waals surface area contributed by atoms with Crippen LogP contribution in [0.5, 0.6) is 0 Å². The Morgan fingerprint density at radius 3 is 2.54 bits per heavy atom. The first-order valence-corrected chi connectivity index (χ1v) is 8.38. The van der Waals surface area contributed by atoms with Crippen LogP contribution in [0.15, 0.2) is 60.8 Å². The SMILES string of the molecule is OCC1(c2ccccc2)CCN(Cc2cnc3ccccc3n2)C1. The molecule has 2 aromatic carbocycles. The fourth-order valence-electron chi connectivity index (χ4n) is 3.64. The highest BCUT2D eigenvalue weighted by molar-refractivity contribution is 5.73. The zero-order valence-electron chi connectivity index (χ0n) is 13.6. The monoisotopic (exact) mass is 319 g/mol. The normalized spacial score (nSPS) is 21.4. The molecule has 4 heteroatoms. The molecule has 0 spiro atoms. The van der Waals surface area contributed by atoms with Gasteiger partial charge in [-0.05, 0) is 30.7 Å². The standard InChI is InChI=1S/C20H21N3O/c24-15-20(16-6-2-1-3-7-16)10-11-23(14-20)13-17-12-21-18-8-4-5-9-19(18)22-17/h1-9,12,24H,10-11,13-15H2. The molecule has 1 N–H and O–H groups in total. The minimum atomic E-state index is -0.161. The van der Waals surface area contributed by atoms with Crippen molar-refractivity contribution in [3.05, 3.63) is 72.1 Å². The number of rotatable bonds is 4. The van der Waals surface area contributed by atoms with Crippen LogP contribution in [0.3, 0.4) is 0 Å². The van der Waals surface area contributed by atoms with Crippen molar-refractivity contribution >= 4 is 11.0 Å². The first-order valence-electron chi connectivity index (χ1n) is 8.38. The molecule has 1 saturated heterocycles. The maximum Gasteiger partial charge on any atom is 0.0890 e. The fourth-order valence-corrected chi connectivity index (χ4v) is 3.64. The molecule has 24 heavy (non-hydrogen) atoms. The van der Waals surface area contributed by atoms with Crippen molar-refractivity contribution in [3.63, 3.8) is 0 Å². The predicted octanol–water partition coefficient (Wildman–Crippen LogP) is 2.77. The number of aliphatic hydroxyl groups is 1. The highest BCUT2D eigenvalue weighted by atomic mass is 16.3. The summed E-state index contributed by atoms with van der Waals surface area (Å²) in [6.07, 6.45) is 2.83. The second kappa shape index (κ2) is 6.30. The number of fused-ring (bicyclic) bond motifs is 1. The van der Waals surface area contributed by atoms with Crippen molar-refractivity contribution in [2.75, 3.05) is 19.7 Å². The lowest BCUT2D eigenvalue weighted by molar-refractivity contribution is 0.188. The minimum Gasteiger partial charge on any atom is -0.395 e. The third-order valence-electron chi connectivity index (χ3n) is 5.01. The Bertz CT molecular complexity index is 836. The number of hydrogen-bond acceptors (Lipinski definition) is 4. The number of hydrogen-bond donors (Lipinski definition) is 1. The van der Waals surface area contributed by atoms with Crippen LogP contribution in [0.1, 0.15) is 17.7 Å². The summed E-state index contributed by atoms with van der Waals surface area (Å²) in [6, 6.07) is 18.3. The Morgan fingerprint density at radius 1 is 1.00 bits per heavy atom. The van der Waals surface area contributed by atoms with Gasteiger partial charge in [0.15, 0.2) is 0 Å². The molecular formula is C20H21N3O. The molecule has 1 aromatic heterocycles. The molecular weight excluding hydrogens is 298 g/mol. The van der Waals surface area contributed by atoms with E-state index >= 15 is 0 Å².